The topological polar surface area (TPSA) is 55.4 Å². The fourth-order valence-electron chi connectivity index (χ4n) is 2.75. The van der Waals surface area contributed by atoms with E-state index in [0.29, 0.717) is 16.7 Å². The summed E-state index contributed by atoms with van der Waals surface area (Å²) in [5.41, 5.74) is 0. The Balaban J connectivity index is 1.86. The molecule has 2 rings (SSSR count). The molecule has 0 aromatic carbocycles. The molecule has 4 nitrogen and oxygen atoms in total. The highest BCUT2D eigenvalue weighted by atomic mass is 32.1. The molecular formula is C16H23NO3S. The lowest BCUT2D eigenvalue weighted by Gasteiger charge is -2.35. The van der Waals surface area contributed by atoms with Crippen LogP contribution >= 0.6 is 11.3 Å². The second kappa shape index (κ2) is 7.07. The van der Waals surface area contributed by atoms with E-state index in [4.69, 9.17) is 4.74 Å². The van der Waals surface area contributed by atoms with Crippen molar-refractivity contribution >= 4 is 23.2 Å². The summed E-state index contributed by atoms with van der Waals surface area (Å²) in [5, 5.41) is 4.85. The molecule has 5 heteroatoms. The van der Waals surface area contributed by atoms with Crippen LogP contribution in [0.2, 0.25) is 0 Å². The number of rotatable bonds is 4. The van der Waals surface area contributed by atoms with Gasteiger partial charge >= 0.3 is 5.97 Å². The van der Waals surface area contributed by atoms with Crippen molar-refractivity contribution < 1.29 is 14.3 Å². The normalized spacial score (nSPS) is 26.9. The van der Waals surface area contributed by atoms with Gasteiger partial charge in [0.15, 0.2) is 6.10 Å². The van der Waals surface area contributed by atoms with Gasteiger partial charge in [0.1, 0.15) is 4.88 Å². The van der Waals surface area contributed by atoms with E-state index < -0.39 is 12.1 Å². The van der Waals surface area contributed by atoms with Gasteiger partial charge in [-0.2, -0.15) is 0 Å². The number of ether oxygens (including phenoxy) is 1. The number of esters is 1. The number of nitrogens with one attached hydrogen (secondary N) is 1. The fourth-order valence-corrected chi connectivity index (χ4v) is 3.36. The van der Waals surface area contributed by atoms with E-state index in [1.165, 1.54) is 17.8 Å². The van der Waals surface area contributed by atoms with Crippen molar-refractivity contribution in [3.8, 4) is 0 Å². The third kappa shape index (κ3) is 4.06. The first-order valence-electron chi connectivity index (χ1n) is 7.54. The summed E-state index contributed by atoms with van der Waals surface area (Å²) < 4.78 is 5.22. The van der Waals surface area contributed by atoms with Crippen LogP contribution in [0, 0.1) is 11.8 Å². The van der Waals surface area contributed by atoms with Gasteiger partial charge in [-0.25, -0.2) is 4.79 Å². The molecule has 1 heterocycles. The van der Waals surface area contributed by atoms with E-state index in [1.54, 1.807) is 19.1 Å². The zero-order valence-electron chi connectivity index (χ0n) is 12.8. The van der Waals surface area contributed by atoms with Crippen LogP contribution in [0.4, 0.5) is 0 Å². The van der Waals surface area contributed by atoms with Crippen LogP contribution in [0.1, 0.15) is 49.7 Å². The minimum atomic E-state index is -0.760. The van der Waals surface area contributed by atoms with Crippen molar-refractivity contribution in [1.29, 1.82) is 0 Å². The molecule has 0 radical (unpaired) electrons. The van der Waals surface area contributed by atoms with Gasteiger partial charge in [0.05, 0.1) is 0 Å². The monoisotopic (exact) mass is 309 g/mol. The summed E-state index contributed by atoms with van der Waals surface area (Å²) in [6.45, 7) is 6.03. The van der Waals surface area contributed by atoms with Gasteiger partial charge in [-0.3, -0.25) is 4.79 Å². The van der Waals surface area contributed by atoms with Gasteiger partial charge < -0.3 is 10.1 Å². The highest BCUT2D eigenvalue weighted by Crippen LogP contribution is 2.29. The highest BCUT2D eigenvalue weighted by molar-refractivity contribution is 7.11. The van der Waals surface area contributed by atoms with Gasteiger partial charge in [-0.1, -0.05) is 32.8 Å². The van der Waals surface area contributed by atoms with Crippen molar-refractivity contribution in [2.75, 3.05) is 0 Å². The van der Waals surface area contributed by atoms with Crippen LogP contribution in [0.5, 0.6) is 0 Å². The average molecular weight is 309 g/mol. The molecule has 0 saturated heterocycles. The summed E-state index contributed by atoms with van der Waals surface area (Å²) in [7, 11) is 0. The molecule has 1 aromatic heterocycles. The first kappa shape index (κ1) is 16.0. The second-order valence-corrected chi connectivity index (χ2v) is 6.85. The lowest BCUT2D eigenvalue weighted by molar-refractivity contribution is -0.130. The molecule has 1 amide bonds. The van der Waals surface area contributed by atoms with Crippen molar-refractivity contribution in [2.24, 2.45) is 11.8 Å². The van der Waals surface area contributed by atoms with Gasteiger partial charge in [-0.15, -0.1) is 11.3 Å². The summed E-state index contributed by atoms with van der Waals surface area (Å²) in [4.78, 5) is 24.5. The third-order valence-corrected chi connectivity index (χ3v) is 5.26. The summed E-state index contributed by atoms with van der Waals surface area (Å²) in [5.74, 6) is 0.444. The molecule has 1 fully saturated rings. The van der Waals surface area contributed by atoms with Crippen LogP contribution < -0.4 is 5.32 Å². The predicted octanol–water partition coefficient (Wildman–Crippen LogP) is 3.23. The number of hydrogen-bond acceptors (Lipinski definition) is 4. The molecule has 116 valence electrons. The van der Waals surface area contributed by atoms with Gasteiger partial charge in [0, 0.05) is 6.04 Å². The van der Waals surface area contributed by atoms with Gasteiger partial charge in [-0.05, 0) is 36.6 Å². The molecule has 1 aliphatic carbocycles. The van der Waals surface area contributed by atoms with E-state index in [2.05, 4.69) is 19.2 Å². The Bertz CT molecular complexity index is 486. The molecule has 0 aliphatic heterocycles. The Morgan fingerprint density at radius 3 is 2.81 bits per heavy atom. The zero-order chi connectivity index (χ0) is 15.4. The van der Waals surface area contributed by atoms with E-state index in [0.717, 1.165) is 12.8 Å². The van der Waals surface area contributed by atoms with Gasteiger partial charge in [0.2, 0.25) is 0 Å². The summed E-state index contributed by atoms with van der Waals surface area (Å²) >= 11 is 1.31. The molecule has 1 aliphatic rings. The maximum Gasteiger partial charge on any atom is 0.349 e. The predicted molar refractivity (Wildman–Crippen MR) is 83.3 cm³/mol. The molecule has 1 N–H and O–H groups in total. The number of carbonyl (C=O) groups excluding carboxylic acids is 2. The molecule has 1 aromatic rings. The van der Waals surface area contributed by atoms with Crippen LogP contribution in [0.25, 0.3) is 0 Å². The number of amides is 1. The van der Waals surface area contributed by atoms with Crippen LogP contribution in [-0.2, 0) is 9.53 Å². The van der Waals surface area contributed by atoms with Crippen molar-refractivity contribution in [2.45, 2.75) is 52.2 Å². The number of hydrogen-bond donors (Lipinski definition) is 1. The van der Waals surface area contributed by atoms with Crippen LogP contribution in [0.3, 0.4) is 0 Å². The second-order valence-electron chi connectivity index (χ2n) is 5.91. The maximum atomic E-state index is 12.2. The number of carbonyl (C=O) groups is 2. The van der Waals surface area contributed by atoms with E-state index in [9.17, 15) is 9.59 Å². The van der Waals surface area contributed by atoms with Crippen LogP contribution in [-0.4, -0.2) is 24.0 Å². The maximum absolute atomic E-state index is 12.2. The quantitative estimate of drug-likeness (QED) is 0.869. The Labute approximate surface area is 129 Å². The average Bonchev–Trinajstić information content (AvgIpc) is 2.98. The Morgan fingerprint density at radius 1 is 1.38 bits per heavy atom. The van der Waals surface area contributed by atoms with Crippen molar-refractivity contribution in [1.82, 2.24) is 5.32 Å². The number of thiophene rings is 1. The van der Waals surface area contributed by atoms with Crippen LogP contribution in [0.15, 0.2) is 17.5 Å². The van der Waals surface area contributed by atoms with Crippen molar-refractivity contribution in [3.05, 3.63) is 22.4 Å². The first-order chi connectivity index (χ1) is 9.99. The lowest BCUT2D eigenvalue weighted by Crippen LogP contribution is -2.47. The third-order valence-electron chi connectivity index (χ3n) is 4.41. The first-order valence-corrected chi connectivity index (χ1v) is 8.42. The molecule has 0 spiro atoms. The Kier molecular flexibility index (Phi) is 5.39. The summed E-state index contributed by atoms with van der Waals surface area (Å²) in [6, 6.07) is 3.67. The minimum Gasteiger partial charge on any atom is -0.448 e. The smallest absolute Gasteiger partial charge is 0.349 e. The highest BCUT2D eigenvalue weighted by Gasteiger charge is 2.30. The standard InChI is InChI=1S/C16H23NO3S/c1-10-6-4-7-13(11(10)2)17-15(18)12(3)20-16(19)14-8-5-9-21-14/h5,8-13H,4,6-7H2,1-3H3,(H,17,18)/t10-,11-,12-,13-/m1/s1. The molecular weight excluding hydrogens is 286 g/mol. The van der Waals surface area contributed by atoms with Crippen molar-refractivity contribution in [3.63, 3.8) is 0 Å². The van der Waals surface area contributed by atoms with Gasteiger partial charge in [0.25, 0.3) is 5.91 Å². The fraction of sp³-hybridized carbons (Fsp3) is 0.625. The largest absolute Gasteiger partial charge is 0.448 e. The van der Waals surface area contributed by atoms with E-state index >= 15 is 0 Å². The zero-order valence-corrected chi connectivity index (χ0v) is 13.6. The molecule has 21 heavy (non-hydrogen) atoms. The summed E-state index contributed by atoms with van der Waals surface area (Å²) in [6.07, 6.45) is 2.60. The Morgan fingerprint density at radius 2 is 2.14 bits per heavy atom. The molecule has 0 bridgehead atoms. The molecule has 0 unspecified atom stereocenters. The van der Waals surface area contributed by atoms with E-state index in [1.807, 2.05) is 5.38 Å². The SMILES string of the molecule is C[C@@H]1[C@H](C)CCC[C@H]1NC(=O)[C@@H](C)OC(=O)c1cccs1. The Hall–Kier alpha value is -1.36. The lowest BCUT2D eigenvalue weighted by atomic mass is 9.78. The van der Waals surface area contributed by atoms with E-state index in [-0.39, 0.29) is 11.9 Å². The molecule has 1 saturated carbocycles. The molecule has 4 atom stereocenters. The minimum absolute atomic E-state index is 0.184.